The molecule has 0 saturated heterocycles. The summed E-state index contributed by atoms with van der Waals surface area (Å²) in [5.74, 6) is 0.836. The highest BCUT2D eigenvalue weighted by Crippen LogP contribution is 2.26. The van der Waals surface area contributed by atoms with Crippen LogP contribution in [0.5, 0.6) is 5.75 Å². The molecule has 0 fully saturated rings. The average Bonchev–Trinajstić information content (AvgIpc) is 3.15. The van der Waals surface area contributed by atoms with Crippen molar-refractivity contribution in [1.82, 2.24) is 19.7 Å². The first-order valence-electron chi connectivity index (χ1n) is 10.4. The monoisotopic (exact) mass is 420 g/mol. The summed E-state index contributed by atoms with van der Waals surface area (Å²) in [7, 11) is 1.66. The normalized spacial score (nSPS) is 14.5. The van der Waals surface area contributed by atoms with Crippen LogP contribution >= 0.6 is 0 Å². The molecule has 7 nitrogen and oxygen atoms in total. The number of aromatic nitrogens is 3. The third-order valence-corrected chi connectivity index (χ3v) is 5.20. The van der Waals surface area contributed by atoms with E-state index >= 15 is 0 Å². The second-order valence-electron chi connectivity index (χ2n) is 8.69. The van der Waals surface area contributed by atoms with E-state index in [-0.39, 0.29) is 6.09 Å². The number of hydrogen-bond acceptors (Lipinski definition) is 5. The highest BCUT2D eigenvalue weighted by Gasteiger charge is 2.24. The molecular weight excluding hydrogens is 392 g/mol. The van der Waals surface area contributed by atoms with Gasteiger partial charge in [0.1, 0.15) is 11.4 Å². The molecule has 0 unspecified atom stereocenters. The van der Waals surface area contributed by atoms with Gasteiger partial charge in [0.15, 0.2) is 5.65 Å². The van der Waals surface area contributed by atoms with Gasteiger partial charge >= 0.3 is 6.09 Å². The van der Waals surface area contributed by atoms with Gasteiger partial charge in [-0.05, 0) is 62.1 Å². The van der Waals surface area contributed by atoms with Crippen molar-refractivity contribution < 1.29 is 14.3 Å². The van der Waals surface area contributed by atoms with E-state index in [0.29, 0.717) is 19.6 Å². The van der Waals surface area contributed by atoms with Gasteiger partial charge in [0.2, 0.25) is 0 Å². The average molecular weight is 421 g/mol. The van der Waals surface area contributed by atoms with Crippen molar-refractivity contribution in [2.75, 3.05) is 20.2 Å². The molecule has 1 aliphatic rings. The fourth-order valence-electron chi connectivity index (χ4n) is 3.59. The molecule has 3 aromatic rings. The van der Waals surface area contributed by atoms with Gasteiger partial charge < -0.3 is 14.4 Å². The Labute approximate surface area is 182 Å². The zero-order valence-corrected chi connectivity index (χ0v) is 18.5. The number of methoxy groups -OCH3 is 1. The predicted octanol–water partition coefficient (Wildman–Crippen LogP) is 4.51. The van der Waals surface area contributed by atoms with Gasteiger partial charge in [0.05, 0.1) is 19.9 Å². The van der Waals surface area contributed by atoms with Crippen LogP contribution in [0.3, 0.4) is 0 Å². The standard InChI is InChI=1S/C24H28N4O3/c1-24(2,3)31-23(29)27-11-9-18(10-12-27)19-13-20-15-26-28(22(20)25-14-19)16-17-5-7-21(30-4)8-6-17/h5-9,13-15H,10-12,16H2,1-4H3. The second-order valence-corrected chi connectivity index (χ2v) is 8.69. The fraction of sp³-hybridized carbons (Fsp3) is 0.375. The first-order valence-corrected chi connectivity index (χ1v) is 10.4. The molecule has 0 saturated carbocycles. The van der Waals surface area contributed by atoms with E-state index in [1.54, 1.807) is 12.0 Å². The number of amides is 1. The van der Waals surface area contributed by atoms with E-state index in [4.69, 9.17) is 9.47 Å². The molecule has 0 atom stereocenters. The summed E-state index contributed by atoms with van der Waals surface area (Å²) in [6.07, 6.45) is 6.33. The molecule has 162 valence electrons. The minimum absolute atomic E-state index is 0.267. The Balaban J connectivity index is 1.47. The van der Waals surface area contributed by atoms with Crippen molar-refractivity contribution in [1.29, 1.82) is 0 Å². The smallest absolute Gasteiger partial charge is 0.410 e. The summed E-state index contributed by atoms with van der Waals surface area (Å²) in [4.78, 5) is 18.7. The van der Waals surface area contributed by atoms with Gasteiger partial charge in [0, 0.05) is 24.7 Å². The molecular formula is C24H28N4O3. The number of ether oxygens (including phenoxy) is 2. The first kappa shape index (κ1) is 20.9. The number of carbonyl (C=O) groups excluding carboxylic acids is 1. The molecule has 31 heavy (non-hydrogen) atoms. The minimum Gasteiger partial charge on any atom is -0.497 e. The fourth-order valence-corrected chi connectivity index (χ4v) is 3.59. The molecule has 0 spiro atoms. The van der Waals surface area contributed by atoms with Gasteiger partial charge in [-0.3, -0.25) is 0 Å². The van der Waals surface area contributed by atoms with E-state index in [1.165, 1.54) is 5.57 Å². The van der Waals surface area contributed by atoms with Crippen LogP contribution in [0.2, 0.25) is 0 Å². The summed E-state index contributed by atoms with van der Waals surface area (Å²) >= 11 is 0. The summed E-state index contributed by atoms with van der Waals surface area (Å²) in [6, 6.07) is 10.1. The summed E-state index contributed by atoms with van der Waals surface area (Å²) < 4.78 is 12.6. The van der Waals surface area contributed by atoms with Crippen molar-refractivity contribution in [2.24, 2.45) is 0 Å². The summed E-state index contributed by atoms with van der Waals surface area (Å²) in [6.45, 7) is 7.46. The van der Waals surface area contributed by atoms with Crippen LogP contribution in [0.1, 0.15) is 38.3 Å². The Morgan fingerprint density at radius 1 is 1.16 bits per heavy atom. The third-order valence-electron chi connectivity index (χ3n) is 5.20. The van der Waals surface area contributed by atoms with Gasteiger partial charge in [-0.25, -0.2) is 14.5 Å². The third kappa shape index (κ3) is 4.87. The van der Waals surface area contributed by atoms with Crippen LogP contribution in [0, 0.1) is 0 Å². The van der Waals surface area contributed by atoms with Crippen molar-refractivity contribution in [3.8, 4) is 5.75 Å². The van der Waals surface area contributed by atoms with E-state index in [9.17, 15) is 4.79 Å². The molecule has 4 rings (SSSR count). The predicted molar refractivity (Wildman–Crippen MR) is 120 cm³/mol. The molecule has 2 aromatic heterocycles. The molecule has 3 heterocycles. The highest BCUT2D eigenvalue weighted by molar-refractivity contribution is 5.80. The SMILES string of the molecule is COc1ccc(Cn2ncc3cc(C4=CCN(C(=O)OC(C)(C)C)CC4)cnc32)cc1. The Morgan fingerprint density at radius 3 is 2.58 bits per heavy atom. The Bertz CT molecular complexity index is 1110. The van der Waals surface area contributed by atoms with Crippen LogP contribution in [0.15, 0.2) is 48.8 Å². The molecule has 1 amide bonds. The lowest BCUT2D eigenvalue weighted by Gasteiger charge is -2.29. The largest absolute Gasteiger partial charge is 0.497 e. The van der Waals surface area contributed by atoms with Crippen LogP contribution in [-0.2, 0) is 11.3 Å². The van der Waals surface area contributed by atoms with E-state index < -0.39 is 5.60 Å². The lowest BCUT2D eigenvalue weighted by molar-refractivity contribution is 0.0270. The zero-order chi connectivity index (χ0) is 22.0. The Morgan fingerprint density at radius 2 is 1.94 bits per heavy atom. The molecule has 0 N–H and O–H groups in total. The van der Waals surface area contributed by atoms with E-state index in [1.807, 2.05) is 62.1 Å². The topological polar surface area (TPSA) is 69.5 Å². The number of benzene rings is 1. The lowest BCUT2D eigenvalue weighted by atomic mass is 10.0. The molecule has 7 heteroatoms. The van der Waals surface area contributed by atoms with Crippen LogP contribution in [0.4, 0.5) is 4.79 Å². The minimum atomic E-state index is -0.484. The van der Waals surface area contributed by atoms with Crippen LogP contribution in [-0.4, -0.2) is 51.6 Å². The molecule has 0 aliphatic carbocycles. The maximum Gasteiger partial charge on any atom is 0.410 e. The summed E-state index contributed by atoms with van der Waals surface area (Å²) in [5.41, 5.74) is 3.76. The number of fused-ring (bicyclic) bond motifs is 1. The molecule has 1 aromatic carbocycles. The number of carbonyl (C=O) groups is 1. The maximum absolute atomic E-state index is 12.3. The molecule has 1 aliphatic heterocycles. The van der Waals surface area contributed by atoms with Crippen molar-refractivity contribution in [2.45, 2.75) is 39.3 Å². The van der Waals surface area contributed by atoms with Crippen molar-refractivity contribution in [3.63, 3.8) is 0 Å². The number of nitrogens with zero attached hydrogens (tertiary/aromatic N) is 4. The van der Waals surface area contributed by atoms with Crippen molar-refractivity contribution >= 4 is 22.7 Å². The number of hydrogen-bond donors (Lipinski definition) is 0. The van der Waals surface area contributed by atoms with Gasteiger partial charge in [-0.1, -0.05) is 18.2 Å². The second kappa shape index (κ2) is 8.41. The van der Waals surface area contributed by atoms with E-state index in [2.05, 4.69) is 22.2 Å². The maximum atomic E-state index is 12.3. The van der Waals surface area contributed by atoms with E-state index in [0.717, 1.165) is 34.3 Å². The molecule has 0 radical (unpaired) electrons. The zero-order valence-electron chi connectivity index (χ0n) is 18.5. The molecule has 0 bridgehead atoms. The van der Waals surface area contributed by atoms with Crippen LogP contribution < -0.4 is 4.74 Å². The number of rotatable bonds is 4. The van der Waals surface area contributed by atoms with Gasteiger partial charge in [0.25, 0.3) is 0 Å². The van der Waals surface area contributed by atoms with Crippen LogP contribution in [0.25, 0.3) is 16.6 Å². The lowest BCUT2D eigenvalue weighted by Crippen LogP contribution is -2.39. The van der Waals surface area contributed by atoms with Crippen molar-refractivity contribution in [3.05, 3.63) is 59.9 Å². The summed E-state index contributed by atoms with van der Waals surface area (Å²) in [5, 5.41) is 5.52. The number of pyridine rings is 1. The highest BCUT2D eigenvalue weighted by atomic mass is 16.6. The Hall–Kier alpha value is -3.35. The quantitative estimate of drug-likeness (QED) is 0.621. The van der Waals surface area contributed by atoms with Gasteiger partial charge in [-0.15, -0.1) is 0 Å². The van der Waals surface area contributed by atoms with Gasteiger partial charge in [-0.2, -0.15) is 5.10 Å². The Kier molecular flexibility index (Phi) is 5.67. The first-order chi connectivity index (χ1) is 14.8.